The van der Waals surface area contributed by atoms with Crippen LogP contribution in [-0.4, -0.2) is 52.7 Å². The van der Waals surface area contributed by atoms with Crippen molar-refractivity contribution in [2.75, 3.05) is 29.9 Å². The Hall–Kier alpha value is -3.01. The molecular weight excluding hydrogens is 458 g/mol. The summed E-state index contributed by atoms with van der Waals surface area (Å²) in [5.74, 6) is -0.984. The Bertz CT molecular complexity index is 1180. The fourth-order valence-corrected chi connectivity index (χ4v) is 5.57. The van der Waals surface area contributed by atoms with Gasteiger partial charge >= 0.3 is 0 Å². The Balaban J connectivity index is 1.42. The first-order valence-corrected chi connectivity index (χ1v) is 11.9. The number of ether oxygens (including phenoxy) is 1. The van der Waals surface area contributed by atoms with Gasteiger partial charge in [0.25, 0.3) is 11.8 Å². The average Bonchev–Trinajstić information content (AvgIpc) is 3.49. The molecule has 5 rings (SSSR count). The lowest BCUT2D eigenvalue weighted by Gasteiger charge is -2.18. The minimum atomic E-state index is -0.378. The van der Waals surface area contributed by atoms with Crippen molar-refractivity contribution in [3.63, 3.8) is 0 Å². The Morgan fingerprint density at radius 2 is 1.82 bits per heavy atom. The number of thiocarbonyl (C=S) groups is 1. The molecule has 2 aromatic rings. The van der Waals surface area contributed by atoms with Crippen molar-refractivity contribution in [2.45, 2.75) is 18.9 Å². The van der Waals surface area contributed by atoms with E-state index in [-0.39, 0.29) is 30.4 Å². The van der Waals surface area contributed by atoms with Crippen molar-refractivity contribution in [3.05, 3.63) is 65.1 Å². The summed E-state index contributed by atoms with van der Waals surface area (Å²) in [7, 11) is 0. The molecule has 3 amide bonds. The van der Waals surface area contributed by atoms with Gasteiger partial charge in [0.15, 0.2) is 0 Å². The largest absolute Gasteiger partial charge is 0.376 e. The van der Waals surface area contributed by atoms with E-state index in [1.54, 1.807) is 30.3 Å². The Morgan fingerprint density at radius 1 is 1.06 bits per heavy atom. The molecule has 168 valence electrons. The van der Waals surface area contributed by atoms with Gasteiger partial charge in [-0.05, 0) is 31.0 Å². The predicted molar refractivity (Wildman–Crippen MR) is 132 cm³/mol. The van der Waals surface area contributed by atoms with Gasteiger partial charge in [-0.15, -0.1) is 0 Å². The van der Waals surface area contributed by atoms with Crippen molar-refractivity contribution < 1.29 is 19.1 Å². The van der Waals surface area contributed by atoms with Crippen molar-refractivity contribution in [3.8, 4) is 0 Å². The first-order chi connectivity index (χ1) is 16.0. The van der Waals surface area contributed by atoms with Crippen molar-refractivity contribution in [1.29, 1.82) is 0 Å². The summed E-state index contributed by atoms with van der Waals surface area (Å²) in [6, 6.07) is 16.3. The van der Waals surface area contributed by atoms with E-state index in [4.69, 9.17) is 17.0 Å². The van der Waals surface area contributed by atoms with E-state index in [2.05, 4.69) is 5.32 Å². The lowest BCUT2D eigenvalue weighted by Crippen LogP contribution is -2.36. The normalized spacial score (nSPS) is 22.3. The maximum Gasteiger partial charge on any atom is 0.267 e. The van der Waals surface area contributed by atoms with Crippen LogP contribution in [0.15, 0.2) is 59.5 Å². The van der Waals surface area contributed by atoms with E-state index in [0.717, 1.165) is 24.6 Å². The molecule has 3 heterocycles. The summed E-state index contributed by atoms with van der Waals surface area (Å²) in [5.41, 5.74) is 2.18. The third-order valence-electron chi connectivity index (χ3n) is 5.77. The molecule has 33 heavy (non-hydrogen) atoms. The fourth-order valence-electron chi connectivity index (χ4n) is 4.22. The molecular formula is C24H21N3O4S2. The maximum atomic E-state index is 13.5. The van der Waals surface area contributed by atoms with Crippen LogP contribution in [-0.2, 0) is 19.1 Å². The molecule has 1 N–H and O–H groups in total. The van der Waals surface area contributed by atoms with Crippen LogP contribution in [0.2, 0.25) is 0 Å². The summed E-state index contributed by atoms with van der Waals surface area (Å²) in [5, 5.41) is 2.80. The maximum absolute atomic E-state index is 13.5. The summed E-state index contributed by atoms with van der Waals surface area (Å²) in [4.78, 5) is 42.7. The van der Waals surface area contributed by atoms with Crippen LogP contribution in [0.25, 0.3) is 5.57 Å². The third kappa shape index (κ3) is 4.19. The van der Waals surface area contributed by atoms with Crippen molar-refractivity contribution in [1.82, 2.24) is 4.90 Å². The van der Waals surface area contributed by atoms with Gasteiger partial charge in [-0.3, -0.25) is 24.2 Å². The van der Waals surface area contributed by atoms with Gasteiger partial charge in [-0.25, -0.2) is 0 Å². The number of rotatable bonds is 5. The molecule has 9 heteroatoms. The van der Waals surface area contributed by atoms with Gasteiger partial charge < -0.3 is 10.1 Å². The zero-order valence-electron chi connectivity index (χ0n) is 17.7. The van der Waals surface area contributed by atoms with Gasteiger partial charge in [0.2, 0.25) is 5.91 Å². The summed E-state index contributed by atoms with van der Waals surface area (Å²) >= 11 is 6.60. The number of nitrogens with zero attached hydrogens (tertiary/aromatic N) is 2. The smallest absolute Gasteiger partial charge is 0.267 e. The zero-order valence-corrected chi connectivity index (χ0v) is 19.3. The van der Waals surface area contributed by atoms with Crippen molar-refractivity contribution in [2.24, 2.45) is 0 Å². The van der Waals surface area contributed by atoms with E-state index in [0.29, 0.717) is 44.9 Å². The molecule has 0 saturated carbocycles. The highest BCUT2D eigenvalue weighted by Gasteiger charge is 2.43. The first kappa shape index (κ1) is 21.8. The standard InChI is InChI=1S/C24H21N3O4S2/c28-19(25-15-7-2-1-3-8-15)14-26-18-11-5-4-10-17(18)20(22(26)29)21-23(30)27(24(32)33-21)13-16-9-6-12-31-16/h1-5,7-8,10-11,16H,6,9,12-14H2,(H,25,28)/b21-20-/t16-/m1/s1. The fraction of sp³-hybridized carbons (Fsp3) is 0.250. The second-order valence-electron chi connectivity index (χ2n) is 7.95. The van der Waals surface area contributed by atoms with Gasteiger partial charge in [-0.2, -0.15) is 0 Å². The number of amides is 3. The molecule has 1 atom stereocenters. The van der Waals surface area contributed by atoms with Crippen LogP contribution in [0.5, 0.6) is 0 Å². The second kappa shape index (κ2) is 9.09. The molecule has 0 unspecified atom stereocenters. The summed E-state index contributed by atoms with van der Waals surface area (Å²) < 4.78 is 6.08. The van der Waals surface area contributed by atoms with Crippen LogP contribution in [0.1, 0.15) is 18.4 Å². The van der Waals surface area contributed by atoms with Gasteiger partial charge in [0.1, 0.15) is 10.9 Å². The summed E-state index contributed by atoms with van der Waals surface area (Å²) in [6.45, 7) is 0.914. The van der Waals surface area contributed by atoms with Crippen LogP contribution in [0.3, 0.4) is 0 Å². The van der Waals surface area contributed by atoms with E-state index in [9.17, 15) is 14.4 Å². The Morgan fingerprint density at radius 3 is 2.58 bits per heavy atom. The number of anilines is 2. The molecule has 0 radical (unpaired) electrons. The Labute approximate surface area is 200 Å². The average molecular weight is 480 g/mol. The van der Waals surface area contributed by atoms with E-state index in [1.807, 2.05) is 24.3 Å². The van der Waals surface area contributed by atoms with E-state index < -0.39 is 0 Å². The molecule has 0 spiro atoms. The molecule has 0 aliphatic carbocycles. The number of carbonyl (C=O) groups is 3. The number of benzene rings is 2. The number of carbonyl (C=O) groups excluding carboxylic acids is 3. The number of nitrogens with one attached hydrogen (secondary N) is 1. The number of hydrogen-bond acceptors (Lipinski definition) is 6. The lowest BCUT2D eigenvalue weighted by atomic mass is 10.1. The van der Waals surface area contributed by atoms with Crippen LogP contribution < -0.4 is 10.2 Å². The highest BCUT2D eigenvalue weighted by atomic mass is 32.2. The SMILES string of the molecule is O=C(CN1C(=O)/C(=C2\SC(=S)N(C[C@H]3CCCO3)C2=O)c2ccccc21)Nc1ccccc1. The zero-order chi connectivity index (χ0) is 22.9. The van der Waals surface area contributed by atoms with E-state index in [1.165, 1.54) is 9.80 Å². The minimum Gasteiger partial charge on any atom is -0.376 e. The molecule has 2 aromatic carbocycles. The third-order valence-corrected chi connectivity index (χ3v) is 7.22. The second-order valence-corrected chi connectivity index (χ2v) is 9.59. The molecule has 2 fully saturated rings. The highest BCUT2D eigenvalue weighted by molar-refractivity contribution is 8.26. The summed E-state index contributed by atoms with van der Waals surface area (Å²) in [6.07, 6.45) is 1.81. The lowest BCUT2D eigenvalue weighted by molar-refractivity contribution is -0.123. The highest BCUT2D eigenvalue weighted by Crippen LogP contribution is 2.44. The monoisotopic (exact) mass is 479 g/mol. The van der Waals surface area contributed by atoms with Gasteiger partial charge in [0, 0.05) is 17.9 Å². The van der Waals surface area contributed by atoms with Crippen LogP contribution in [0.4, 0.5) is 11.4 Å². The van der Waals surface area contributed by atoms with Gasteiger partial charge in [0.05, 0.1) is 28.8 Å². The molecule has 0 bridgehead atoms. The number of thioether (sulfide) groups is 1. The molecule has 7 nitrogen and oxygen atoms in total. The number of para-hydroxylation sites is 2. The number of hydrogen-bond donors (Lipinski definition) is 1. The Kier molecular flexibility index (Phi) is 6.01. The van der Waals surface area contributed by atoms with E-state index >= 15 is 0 Å². The van der Waals surface area contributed by atoms with Crippen molar-refractivity contribution >= 4 is 63.0 Å². The first-order valence-electron chi connectivity index (χ1n) is 10.7. The van der Waals surface area contributed by atoms with Crippen LogP contribution >= 0.6 is 24.0 Å². The predicted octanol–water partition coefficient (Wildman–Crippen LogP) is 3.42. The number of fused-ring (bicyclic) bond motifs is 1. The molecule has 3 aliphatic rings. The van der Waals surface area contributed by atoms with Crippen LogP contribution in [0, 0.1) is 0 Å². The molecule has 2 saturated heterocycles. The quantitative estimate of drug-likeness (QED) is 0.523. The topological polar surface area (TPSA) is 79.0 Å². The molecule has 3 aliphatic heterocycles. The minimum absolute atomic E-state index is 0.0402. The van der Waals surface area contributed by atoms with Gasteiger partial charge in [-0.1, -0.05) is 60.4 Å². The molecule has 0 aromatic heterocycles.